The number of hydrogen-bond donors (Lipinski definition) is 1. The van der Waals surface area contributed by atoms with Gasteiger partial charge in [-0.25, -0.2) is 0 Å². The number of ether oxygens (including phenoxy) is 1. The van der Waals surface area contributed by atoms with Crippen LogP contribution >= 0.6 is 0 Å². The molecule has 0 aromatic carbocycles. The number of fused-ring (bicyclic) bond motifs is 2. The lowest BCUT2D eigenvalue weighted by Gasteiger charge is -2.36. The van der Waals surface area contributed by atoms with Crippen molar-refractivity contribution in [2.24, 2.45) is 0 Å². The maximum absolute atomic E-state index is 5.05. The molecule has 0 amide bonds. The molecule has 14 heavy (non-hydrogen) atoms. The van der Waals surface area contributed by atoms with Gasteiger partial charge in [0.2, 0.25) is 0 Å². The van der Waals surface area contributed by atoms with E-state index in [4.69, 9.17) is 4.74 Å². The average Bonchev–Trinajstić information content (AvgIpc) is 2.41. The number of rotatable bonds is 4. The Labute approximate surface area is 86.8 Å². The summed E-state index contributed by atoms with van der Waals surface area (Å²) in [5, 5.41) is 3.59. The third kappa shape index (κ3) is 2.10. The largest absolute Gasteiger partial charge is 0.383 e. The fourth-order valence-electron chi connectivity index (χ4n) is 2.94. The molecule has 2 bridgehead atoms. The SMILES string of the molecule is COCCNC1CC2CCC(C1)N2C. The van der Waals surface area contributed by atoms with Crippen LogP contribution in [0.1, 0.15) is 25.7 Å². The number of methoxy groups -OCH3 is 1. The zero-order valence-corrected chi connectivity index (χ0v) is 9.33. The first-order chi connectivity index (χ1) is 6.81. The van der Waals surface area contributed by atoms with Crippen molar-refractivity contribution >= 4 is 0 Å². The van der Waals surface area contributed by atoms with E-state index in [1.807, 2.05) is 0 Å². The molecule has 2 atom stereocenters. The summed E-state index contributed by atoms with van der Waals surface area (Å²) in [5.74, 6) is 0. The molecule has 0 aromatic heterocycles. The van der Waals surface area contributed by atoms with E-state index in [0.29, 0.717) is 0 Å². The van der Waals surface area contributed by atoms with Gasteiger partial charge in [-0.15, -0.1) is 0 Å². The van der Waals surface area contributed by atoms with Gasteiger partial charge in [0.05, 0.1) is 6.61 Å². The molecule has 2 unspecified atom stereocenters. The second-order valence-corrected chi connectivity index (χ2v) is 4.67. The monoisotopic (exact) mass is 198 g/mol. The van der Waals surface area contributed by atoms with Crippen LogP contribution in [0.3, 0.4) is 0 Å². The highest BCUT2D eigenvalue weighted by Crippen LogP contribution is 2.33. The quantitative estimate of drug-likeness (QED) is 0.678. The zero-order valence-electron chi connectivity index (χ0n) is 9.33. The number of hydrogen-bond acceptors (Lipinski definition) is 3. The molecule has 1 N–H and O–H groups in total. The van der Waals surface area contributed by atoms with Crippen molar-refractivity contribution in [1.82, 2.24) is 10.2 Å². The lowest BCUT2D eigenvalue weighted by molar-refractivity contribution is 0.139. The molecule has 0 saturated carbocycles. The minimum Gasteiger partial charge on any atom is -0.383 e. The Balaban J connectivity index is 1.76. The van der Waals surface area contributed by atoms with Gasteiger partial charge in [0, 0.05) is 31.8 Å². The minimum absolute atomic E-state index is 0.735. The van der Waals surface area contributed by atoms with Gasteiger partial charge in [-0.3, -0.25) is 0 Å². The smallest absolute Gasteiger partial charge is 0.0587 e. The van der Waals surface area contributed by atoms with Gasteiger partial charge < -0.3 is 15.0 Å². The molecule has 2 heterocycles. The van der Waals surface area contributed by atoms with Gasteiger partial charge >= 0.3 is 0 Å². The molecule has 0 aliphatic carbocycles. The predicted octanol–water partition coefficient (Wildman–Crippen LogP) is 0.848. The predicted molar refractivity (Wildman–Crippen MR) is 57.5 cm³/mol. The Kier molecular flexibility index (Phi) is 3.42. The van der Waals surface area contributed by atoms with Crippen LogP contribution < -0.4 is 5.32 Å². The first-order valence-electron chi connectivity index (χ1n) is 5.75. The molecular formula is C11H22N2O. The molecule has 2 aliphatic heterocycles. The standard InChI is InChI=1S/C11H22N2O/c1-13-10-3-4-11(13)8-9(7-10)12-5-6-14-2/h9-12H,3-8H2,1-2H3. The molecule has 0 spiro atoms. The van der Waals surface area contributed by atoms with E-state index >= 15 is 0 Å². The van der Waals surface area contributed by atoms with E-state index in [0.717, 1.165) is 31.3 Å². The molecule has 3 nitrogen and oxygen atoms in total. The third-order valence-electron chi connectivity index (χ3n) is 3.84. The molecule has 2 saturated heterocycles. The summed E-state index contributed by atoms with van der Waals surface area (Å²) in [6, 6.07) is 2.42. The molecule has 82 valence electrons. The summed E-state index contributed by atoms with van der Waals surface area (Å²) in [6.45, 7) is 1.84. The Morgan fingerprint density at radius 1 is 1.29 bits per heavy atom. The minimum atomic E-state index is 0.735. The Morgan fingerprint density at radius 3 is 2.50 bits per heavy atom. The first-order valence-corrected chi connectivity index (χ1v) is 5.75. The fourth-order valence-corrected chi connectivity index (χ4v) is 2.94. The van der Waals surface area contributed by atoms with E-state index in [2.05, 4.69) is 17.3 Å². The Hall–Kier alpha value is -0.120. The highest BCUT2D eigenvalue weighted by Gasteiger charge is 2.37. The van der Waals surface area contributed by atoms with E-state index in [1.54, 1.807) is 7.11 Å². The Morgan fingerprint density at radius 2 is 1.93 bits per heavy atom. The van der Waals surface area contributed by atoms with Crippen LogP contribution in [-0.2, 0) is 4.74 Å². The van der Waals surface area contributed by atoms with Crippen molar-refractivity contribution in [3.63, 3.8) is 0 Å². The molecule has 0 radical (unpaired) electrons. The van der Waals surface area contributed by atoms with Crippen molar-refractivity contribution in [2.75, 3.05) is 27.3 Å². The fraction of sp³-hybridized carbons (Fsp3) is 1.00. The second kappa shape index (κ2) is 4.60. The summed E-state index contributed by atoms with van der Waals surface area (Å²) in [5.41, 5.74) is 0. The van der Waals surface area contributed by atoms with Crippen LogP contribution in [0.5, 0.6) is 0 Å². The number of piperidine rings is 1. The van der Waals surface area contributed by atoms with Crippen molar-refractivity contribution in [1.29, 1.82) is 0 Å². The summed E-state index contributed by atoms with van der Waals surface area (Å²) in [6.07, 6.45) is 5.47. The highest BCUT2D eigenvalue weighted by molar-refractivity contribution is 4.95. The summed E-state index contributed by atoms with van der Waals surface area (Å²) in [4.78, 5) is 2.58. The van der Waals surface area contributed by atoms with E-state index < -0.39 is 0 Å². The van der Waals surface area contributed by atoms with Crippen LogP contribution in [-0.4, -0.2) is 50.3 Å². The van der Waals surface area contributed by atoms with Crippen molar-refractivity contribution in [2.45, 2.75) is 43.8 Å². The molecule has 2 rings (SSSR count). The van der Waals surface area contributed by atoms with Gasteiger partial charge in [0.1, 0.15) is 0 Å². The number of nitrogens with one attached hydrogen (secondary N) is 1. The van der Waals surface area contributed by atoms with Crippen LogP contribution in [0.25, 0.3) is 0 Å². The molecule has 3 heteroatoms. The van der Waals surface area contributed by atoms with Gasteiger partial charge in [0.25, 0.3) is 0 Å². The maximum Gasteiger partial charge on any atom is 0.0587 e. The van der Waals surface area contributed by atoms with E-state index in [9.17, 15) is 0 Å². The average molecular weight is 198 g/mol. The van der Waals surface area contributed by atoms with Gasteiger partial charge in [-0.1, -0.05) is 0 Å². The lowest BCUT2D eigenvalue weighted by atomic mass is 9.98. The first kappa shape index (κ1) is 10.4. The highest BCUT2D eigenvalue weighted by atomic mass is 16.5. The Bertz CT molecular complexity index is 172. The lowest BCUT2D eigenvalue weighted by Crippen LogP contribution is -2.47. The topological polar surface area (TPSA) is 24.5 Å². The van der Waals surface area contributed by atoms with Crippen LogP contribution in [0.4, 0.5) is 0 Å². The zero-order chi connectivity index (χ0) is 9.97. The van der Waals surface area contributed by atoms with E-state index in [-0.39, 0.29) is 0 Å². The summed E-state index contributed by atoms with van der Waals surface area (Å²) < 4.78 is 5.05. The third-order valence-corrected chi connectivity index (χ3v) is 3.84. The normalized spacial score (nSPS) is 37.7. The van der Waals surface area contributed by atoms with E-state index in [1.165, 1.54) is 25.7 Å². The second-order valence-electron chi connectivity index (χ2n) is 4.67. The van der Waals surface area contributed by atoms with Crippen molar-refractivity contribution < 1.29 is 4.74 Å². The molecule has 2 aliphatic rings. The maximum atomic E-state index is 5.05. The van der Waals surface area contributed by atoms with Crippen LogP contribution in [0.15, 0.2) is 0 Å². The number of nitrogens with zero attached hydrogens (tertiary/aromatic N) is 1. The van der Waals surface area contributed by atoms with Crippen LogP contribution in [0, 0.1) is 0 Å². The molecule has 0 aromatic rings. The molecule has 2 fully saturated rings. The van der Waals surface area contributed by atoms with Crippen LogP contribution in [0.2, 0.25) is 0 Å². The van der Waals surface area contributed by atoms with Gasteiger partial charge in [-0.2, -0.15) is 0 Å². The van der Waals surface area contributed by atoms with Gasteiger partial charge in [-0.05, 0) is 32.7 Å². The molecular weight excluding hydrogens is 176 g/mol. The van der Waals surface area contributed by atoms with Crippen molar-refractivity contribution in [3.8, 4) is 0 Å². The van der Waals surface area contributed by atoms with Crippen molar-refractivity contribution in [3.05, 3.63) is 0 Å². The van der Waals surface area contributed by atoms with Gasteiger partial charge in [0.15, 0.2) is 0 Å². The summed E-state index contributed by atoms with van der Waals surface area (Å²) >= 11 is 0. The summed E-state index contributed by atoms with van der Waals surface area (Å²) in [7, 11) is 4.05.